The quantitative estimate of drug-likeness (QED) is 0.317. The standard InChI is InChI=1S/C18H13Cl2N5O4/c1-29-18(26)11-4-2-3-5-13(11)23-16-15(25(27)28)17(22-9-21-16)24-14-7-6-10(19)8-12(14)20/h2-9H,1H3,(H2,21,22,23,24). The number of nitrogens with one attached hydrogen (secondary N) is 2. The molecule has 0 saturated heterocycles. The molecule has 2 aromatic carbocycles. The molecule has 0 unspecified atom stereocenters. The van der Waals surface area contributed by atoms with Crippen molar-refractivity contribution in [2.24, 2.45) is 0 Å². The van der Waals surface area contributed by atoms with Crippen LogP contribution in [0, 0.1) is 10.1 Å². The van der Waals surface area contributed by atoms with Gasteiger partial charge in [-0.1, -0.05) is 35.3 Å². The highest BCUT2D eigenvalue weighted by Crippen LogP contribution is 2.35. The van der Waals surface area contributed by atoms with E-state index in [9.17, 15) is 14.9 Å². The van der Waals surface area contributed by atoms with Crippen molar-refractivity contribution in [2.75, 3.05) is 17.7 Å². The van der Waals surface area contributed by atoms with Crippen LogP contribution < -0.4 is 10.6 Å². The minimum Gasteiger partial charge on any atom is -0.465 e. The van der Waals surface area contributed by atoms with Crippen molar-refractivity contribution in [2.45, 2.75) is 0 Å². The van der Waals surface area contributed by atoms with Gasteiger partial charge < -0.3 is 15.4 Å². The second-order valence-electron chi connectivity index (χ2n) is 5.59. The molecule has 0 bridgehead atoms. The van der Waals surface area contributed by atoms with Gasteiger partial charge >= 0.3 is 11.7 Å². The van der Waals surface area contributed by atoms with E-state index in [-0.39, 0.29) is 27.9 Å². The van der Waals surface area contributed by atoms with Gasteiger partial charge in [0.25, 0.3) is 0 Å². The van der Waals surface area contributed by atoms with E-state index >= 15 is 0 Å². The van der Waals surface area contributed by atoms with Crippen molar-refractivity contribution in [1.29, 1.82) is 0 Å². The maximum absolute atomic E-state index is 11.9. The van der Waals surface area contributed by atoms with Crippen LogP contribution in [-0.4, -0.2) is 28.0 Å². The number of methoxy groups -OCH3 is 1. The van der Waals surface area contributed by atoms with Gasteiger partial charge in [-0.25, -0.2) is 14.8 Å². The maximum Gasteiger partial charge on any atom is 0.353 e. The van der Waals surface area contributed by atoms with E-state index in [1.165, 1.54) is 19.2 Å². The third kappa shape index (κ3) is 4.53. The molecule has 0 saturated carbocycles. The van der Waals surface area contributed by atoms with Gasteiger partial charge in [0.2, 0.25) is 11.6 Å². The first kappa shape index (κ1) is 20.3. The molecule has 0 aliphatic rings. The number of hydrogen-bond acceptors (Lipinski definition) is 8. The summed E-state index contributed by atoms with van der Waals surface area (Å²) in [6.45, 7) is 0. The number of hydrogen-bond donors (Lipinski definition) is 2. The molecule has 3 rings (SSSR count). The lowest BCUT2D eigenvalue weighted by atomic mass is 10.2. The van der Waals surface area contributed by atoms with Gasteiger partial charge in [0.05, 0.1) is 34.0 Å². The minimum atomic E-state index is -0.644. The summed E-state index contributed by atoms with van der Waals surface area (Å²) in [5.41, 5.74) is 0.423. The normalized spacial score (nSPS) is 10.3. The Morgan fingerprint density at radius 3 is 2.34 bits per heavy atom. The third-order valence-electron chi connectivity index (χ3n) is 3.77. The molecule has 0 fully saturated rings. The van der Waals surface area contributed by atoms with Crippen LogP contribution in [0.3, 0.4) is 0 Å². The number of rotatable bonds is 6. The van der Waals surface area contributed by atoms with Crippen LogP contribution in [-0.2, 0) is 4.74 Å². The van der Waals surface area contributed by atoms with Gasteiger partial charge in [-0.15, -0.1) is 0 Å². The fourth-order valence-electron chi connectivity index (χ4n) is 2.46. The number of carbonyl (C=O) groups excluding carboxylic acids is 1. The van der Waals surface area contributed by atoms with E-state index in [0.29, 0.717) is 10.7 Å². The van der Waals surface area contributed by atoms with Crippen molar-refractivity contribution >= 4 is 57.9 Å². The molecule has 1 aromatic heterocycles. The van der Waals surface area contributed by atoms with Crippen LogP contribution in [0.4, 0.5) is 28.7 Å². The van der Waals surface area contributed by atoms with E-state index in [1.807, 2.05) is 0 Å². The SMILES string of the molecule is COC(=O)c1ccccc1Nc1ncnc(Nc2ccc(Cl)cc2Cl)c1[N+](=O)[O-]. The molecule has 148 valence electrons. The molecular weight excluding hydrogens is 421 g/mol. The van der Waals surface area contributed by atoms with Crippen LogP contribution in [0.1, 0.15) is 10.4 Å². The minimum absolute atomic E-state index is 0.0905. The van der Waals surface area contributed by atoms with Gasteiger partial charge in [0.1, 0.15) is 6.33 Å². The highest BCUT2D eigenvalue weighted by Gasteiger charge is 2.25. The fourth-order valence-corrected chi connectivity index (χ4v) is 2.92. The number of benzene rings is 2. The van der Waals surface area contributed by atoms with Gasteiger partial charge in [0.15, 0.2) is 0 Å². The zero-order valence-corrected chi connectivity index (χ0v) is 16.4. The second-order valence-corrected chi connectivity index (χ2v) is 6.43. The predicted octanol–water partition coefficient (Wildman–Crippen LogP) is 4.97. The van der Waals surface area contributed by atoms with E-state index in [4.69, 9.17) is 27.9 Å². The van der Waals surface area contributed by atoms with Crippen molar-refractivity contribution in [1.82, 2.24) is 9.97 Å². The zero-order valence-electron chi connectivity index (χ0n) is 14.8. The molecular formula is C18H13Cl2N5O4. The van der Waals surface area contributed by atoms with E-state index in [0.717, 1.165) is 6.33 Å². The summed E-state index contributed by atoms with van der Waals surface area (Å²) in [5, 5.41) is 18.0. The number of anilines is 4. The highest BCUT2D eigenvalue weighted by molar-refractivity contribution is 6.36. The average molecular weight is 434 g/mol. The number of nitrogens with zero attached hydrogens (tertiary/aromatic N) is 3. The van der Waals surface area contributed by atoms with Gasteiger partial charge in [-0.3, -0.25) is 10.1 Å². The summed E-state index contributed by atoms with van der Waals surface area (Å²) >= 11 is 12.0. The first-order valence-corrected chi connectivity index (χ1v) is 8.82. The Kier molecular flexibility index (Phi) is 6.10. The Balaban J connectivity index is 2.02. The molecule has 9 nitrogen and oxygen atoms in total. The molecule has 2 N–H and O–H groups in total. The number of aromatic nitrogens is 2. The van der Waals surface area contributed by atoms with Crippen LogP contribution in [0.25, 0.3) is 0 Å². The zero-order chi connectivity index (χ0) is 21.0. The molecule has 0 spiro atoms. The monoisotopic (exact) mass is 433 g/mol. The van der Waals surface area contributed by atoms with E-state index in [2.05, 4.69) is 20.6 Å². The summed E-state index contributed by atoms with van der Waals surface area (Å²) in [5.74, 6) is -0.808. The van der Waals surface area contributed by atoms with Gasteiger partial charge in [-0.2, -0.15) is 0 Å². The van der Waals surface area contributed by atoms with Crippen LogP contribution >= 0.6 is 23.2 Å². The Morgan fingerprint density at radius 2 is 1.72 bits per heavy atom. The molecule has 0 aliphatic carbocycles. The lowest BCUT2D eigenvalue weighted by Gasteiger charge is -2.12. The molecule has 3 aromatic rings. The summed E-state index contributed by atoms with van der Waals surface area (Å²) in [6, 6.07) is 11.0. The lowest BCUT2D eigenvalue weighted by molar-refractivity contribution is -0.383. The summed E-state index contributed by atoms with van der Waals surface area (Å²) in [6.07, 6.45) is 1.14. The number of ether oxygens (including phenoxy) is 1. The fraction of sp³-hybridized carbons (Fsp3) is 0.0556. The highest BCUT2D eigenvalue weighted by atomic mass is 35.5. The number of para-hydroxylation sites is 1. The summed E-state index contributed by atoms with van der Waals surface area (Å²) < 4.78 is 4.73. The van der Waals surface area contributed by atoms with E-state index < -0.39 is 16.6 Å². The largest absolute Gasteiger partial charge is 0.465 e. The number of nitro groups is 1. The summed E-state index contributed by atoms with van der Waals surface area (Å²) in [7, 11) is 1.24. The van der Waals surface area contributed by atoms with Gasteiger partial charge in [0, 0.05) is 5.02 Å². The Hall–Kier alpha value is -3.43. The van der Waals surface area contributed by atoms with Crippen LogP contribution in [0.5, 0.6) is 0 Å². The first-order valence-electron chi connectivity index (χ1n) is 8.06. The number of esters is 1. The van der Waals surface area contributed by atoms with Crippen LogP contribution in [0.2, 0.25) is 10.0 Å². The number of halogens is 2. The van der Waals surface area contributed by atoms with Crippen molar-refractivity contribution < 1.29 is 14.5 Å². The van der Waals surface area contributed by atoms with Crippen LogP contribution in [0.15, 0.2) is 48.8 Å². The average Bonchev–Trinajstić information content (AvgIpc) is 2.70. The maximum atomic E-state index is 11.9. The molecule has 0 amide bonds. The lowest BCUT2D eigenvalue weighted by Crippen LogP contribution is -2.09. The summed E-state index contributed by atoms with van der Waals surface area (Å²) in [4.78, 5) is 30.9. The Morgan fingerprint density at radius 1 is 1.07 bits per heavy atom. The molecule has 29 heavy (non-hydrogen) atoms. The van der Waals surface area contributed by atoms with E-state index in [1.54, 1.807) is 30.3 Å². The Bertz CT molecular complexity index is 1090. The molecule has 0 radical (unpaired) electrons. The van der Waals surface area contributed by atoms with Gasteiger partial charge in [-0.05, 0) is 30.3 Å². The van der Waals surface area contributed by atoms with Crippen molar-refractivity contribution in [3.8, 4) is 0 Å². The van der Waals surface area contributed by atoms with Crippen molar-refractivity contribution in [3.05, 3.63) is 74.5 Å². The predicted molar refractivity (Wildman–Crippen MR) is 109 cm³/mol. The second kappa shape index (κ2) is 8.72. The molecule has 1 heterocycles. The third-order valence-corrected chi connectivity index (χ3v) is 4.32. The first-order chi connectivity index (χ1) is 13.9. The molecule has 11 heteroatoms. The topological polar surface area (TPSA) is 119 Å². The Labute approximate surface area is 174 Å². The van der Waals surface area contributed by atoms with Crippen molar-refractivity contribution in [3.63, 3.8) is 0 Å². The number of carbonyl (C=O) groups is 1. The smallest absolute Gasteiger partial charge is 0.353 e. The molecule has 0 aliphatic heterocycles. The molecule has 0 atom stereocenters.